The molecule has 6 heteroatoms. The van der Waals surface area contributed by atoms with Gasteiger partial charge in [-0.1, -0.05) is 34.8 Å². The second-order valence-electron chi connectivity index (χ2n) is 4.56. The van der Waals surface area contributed by atoms with Gasteiger partial charge >= 0.3 is 0 Å². The minimum atomic E-state index is -0.492. The SMILES string of the molecule is COc1c(Cl)cc(OCC=C(Cl)Cl)cc1C1(C=O)CC1. The Morgan fingerprint density at radius 1 is 1.40 bits per heavy atom. The van der Waals surface area contributed by atoms with Crippen LogP contribution >= 0.6 is 34.8 Å². The van der Waals surface area contributed by atoms with E-state index in [0.717, 1.165) is 24.7 Å². The Balaban J connectivity index is 2.32. The first-order chi connectivity index (χ1) is 9.52. The van der Waals surface area contributed by atoms with Crippen LogP contribution in [0.25, 0.3) is 0 Å². The largest absolute Gasteiger partial charge is 0.495 e. The first-order valence-electron chi connectivity index (χ1n) is 6.01. The van der Waals surface area contributed by atoms with Crippen molar-refractivity contribution in [3.8, 4) is 11.5 Å². The fourth-order valence-electron chi connectivity index (χ4n) is 2.02. The van der Waals surface area contributed by atoms with Gasteiger partial charge in [0, 0.05) is 11.6 Å². The minimum absolute atomic E-state index is 0.136. The molecular weight excluding hydrogens is 323 g/mol. The van der Waals surface area contributed by atoms with E-state index in [1.807, 2.05) is 0 Å². The van der Waals surface area contributed by atoms with Crippen molar-refractivity contribution < 1.29 is 14.3 Å². The Hall–Kier alpha value is -0.900. The van der Waals surface area contributed by atoms with Crippen LogP contribution in [0.15, 0.2) is 22.7 Å². The lowest BCUT2D eigenvalue weighted by molar-refractivity contribution is -0.109. The molecule has 0 bridgehead atoms. The van der Waals surface area contributed by atoms with Crippen molar-refractivity contribution in [2.45, 2.75) is 18.3 Å². The molecule has 0 atom stereocenters. The highest BCUT2D eigenvalue weighted by atomic mass is 35.5. The number of rotatable bonds is 6. The summed E-state index contributed by atoms with van der Waals surface area (Å²) >= 11 is 17.2. The normalized spacial score (nSPS) is 15.4. The summed E-state index contributed by atoms with van der Waals surface area (Å²) in [7, 11) is 1.53. The zero-order chi connectivity index (χ0) is 14.8. The lowest BCUT2D eigenvalue weighted by Gasteiger charge is -2.16. The van der Waals surface area contributed by atoms with Gasteiger partial charge in [-0.15, -0.1) is 0 Å². The first-order valence-corrected chi connectivity index (χ1v) is 7.14. The van der Waals surface area contributed by atoms with Gasteiger partial charge in [0.25, 0.3) is 0 Å². The molecule has 0 aliphatic heterocycles. The predicted molar refractivity (Wildman–Crippen MR) is 80.3 cm³/mol. The van der Waals surface area contributed by atoms with Gasteiger partial charge in [-0.25, -0.2) is 0 Å². The van der Waals surface area contributed by atoms with Crippen LogP contribution in [0.4, 0.5) is 0 Å². The van der Waals surface area contributed by atoms with Crippen LogP contribution in [-0.2, 0) is 10.2 Å². The molecular formula is C14H13Cl3O3. The van der Waals surface area contributed by atoms with E-state index in [0.29, 0.717) is 16.5 Å². The second-order valence-corrected chi connectivity index (χ2v) is 5.98. The number of halogens is 3. The van der Waals surface area contributed by atoms with E-state index >= 15 is 0 Å². The number of hydrogen-bond donors (Lipinski definition) is 0. The highest BCUT2D eigenvalue weighted by Gasteiger charge is 2.47. The number of hydrogen-bond acceptors (Lipinski definition) is 3. The van der Waals surface area contributed by atoms with Gasteiger partial charge in [0.2, 0.25) is 0 Å². The molecule has 0 spiro atoms. The van der Waals surface area contributed by atoms with Crippen LogP contribution in [0.3, 0.4) is 0 Å². The summed E-state index contributed by atoms with van der Waals surface area (Å²) in [4.78, 5) is 11.3. The highest BCUT2D eigenvalue weighted by molar-refractivity contribution is 6.55. The molecule has 20 heavy (non-hydrogen) atoms. The molecule has 108 valence electrons. The molecule has 0 saturated heterocycles. The Kier molecular flexibility index (Phi) is 4.84. The maximum atomic E-state index is 11.3. The third-order valence-corrected chi connectivity index (χ3v) is 3.85. The van der Waals surface area contributed by atoms with Gasteiger partial charge in [-0.3, -0.25) is 0 Å². The summed E-state index contributed by atoms with van der Waals surface area (Å²) in [6.07, 6.45) is 4.05. The molecule has 1 aliphatic carbocycles. The lowest BCUT2D eigenvalue weighted by Crippen LogP contribution is -2.10. The number of carbonyl (C=O) groups is 1. The molecule has 0 aromatic heterocycles. The Morgan fingerprint density at radius 2 is 2.10 bits per heavy atom. The predicted octanol–water partition coefficient (Wildman–Crippen LogP) is 4.28. The Bertz CT molecular complexity index is 547. The standard InChI is InChI=1S/C14H13Cl3O3/c1-19-13-10(14(8-18)3-4-14)6-9(7-11(13)15)20-5-2-12(16)17/h2,6-8H,3-5H2,1H3. The van der Waals surface area contributed by atoms with Crippen molar-refractivity contribution in [3.05, 3.63) is 33.3 Å². The van der Waals surface area contributed by atoms with Crippen LogP contribution in [0.2, 0.25) is 5.02 Å². The smallest absolute Gasteiger partial charge is 0.141 e. The van der Waals surface area contributed by atoms with Crippen LogP contribution in [0, 0.1) is 0 Å². The van der Waals surface area contributed by atoms with Crippen LogP contribution in [-0.4, -0.2) is 20.0 Å². The maximum Gasteiger partial charge on any atom is 0.141 e. The van der Waals surface area contributed by atoms with Crippen molar-refractivity contribution in [1.82, 2.24) is 0 Å². The number of carbonyl (C=O) groups excluding carboxylic acids is 1. The van der Waals surface area contributed by atoms with Gasteiger partial charge in [0.1, 0.15) is 28.9 Å². The summed E-state index contributed by atoms with van der Waals surface area (Å²) in [6, 6.07) is 3.42. The van der Waals surface area contributed by atoms with E-state index in [9.17, 15) is 4.79 Å². The van der Waals surface area contributed by atoms with Crippen molar-refractivity contribution in [1.29, 1.82) is 0 Å². The lowest BCUT2D eigenvalue weighted by atomic mass is 9.96. The summed E-state index contributed by atoms with van der Waals surface area (Å²) in [5.41, 5.74) is 0.271. The number of methoxy groups -OCH3 is 1. The fraction of sp³-hybridized carbons (Fsp3) is 0.357. The van der Waals surface area contributed by atoms with Crippen molar-refractivity contribution in [2.24, 2.45) is 0 Å². The molecule has 0 amide bonds. The maximum absolute atomic E-state index is 11.3. The van der Waals surface area contributed by atoms with Gasteiger partial charge < -0.3 is 14.3 Å². The van der Waals surface area contributed by atoms with Gasteiger partial charge in [0.15, 0.2) is 0 Å². The van der Waals surface area contributed by atoms with Crippen molar-refractivity contribution in [2.75, 3.05) is 13.7 Å². The Morgan fingerprint density at radius 3 is 2.60 bits per heavy atom. The molecule has 1 aliphatic rings. The van der Waals surface area contributed by atoms with E-state index in [1.54, 1.807) is 12.1 Å². The quantitative estimate of drug-likeness (QED) is 0.728. The zero-order valence-electron chi connectivity index (χ0n) is 10.8. The monoisotopic (exact) mass is 334 g/mol. The summed E-state index contributed by atoms with van der Waals surface area (Å²) in [5, 5.41) is 0.411. The fourth-order valence-corrected chi connectivity index (χ4v) is 2.43. The van der Waals surface area contributed by atoms with Crippen LogP contribution < -0.4 is 9.47 Å². The summed E-state index contributed by atoms with van der Waals surface area (Å²) in [5.74, 6) is 1.07. The molecule has 0 N–H and O–H groups in total. The van der Waals surface area contributed by atoms with E-state index < -0.39 is 5.41 Å². The van der Waals surface area contributed by atoms with Crippen LogP contribution in [0.5, 0.6) is 11.5 Å². The van der Waals surface area contributed by atoms with E-state index in [2.05, 4.69) is 0 Å². The third kappa shape index (κ3) is 3.22. The van der Waals surface area contributed by atoms with E-state index in [-0.39, 0.29) is 11.1 Å². The molecule has 1 fully saturated rings. The number of benzene rings is 1. The molecule has 3 nitrogen and oxygen atoms in total. The number of aldehydes is 1. The van der Waals surface area contributed by atoms with Gasteiger partial charge in [-0.2, -0.15) is 0 Å². The average molecular weight is 336 g/mol. The molecule has 0 radical (unpaired) electrons. The summed E-state index contributed by atoms with van der Waals surface area (Å²) in [6.45, 7) is 0.221. The zero-order valence-corrected chi connectivity index (χ0v) is 13.1. The number of ether oxygens (including phenoxy) is 2. The second kappa shape index (κ2) is 6.25. The molecule has 1 aromatic rings. The van der Waals surface area contributed by atoms with Gasteiger partial charge in [-0.05, 0) is 25.0 Å². The molecule has 1 saturated carbocycles. The minimum Gasteiger partial charge on any atom is -0.495 e. The first kappa shape index (κ1) is 15.5. The molecule has 2 rings (SSSR count). The van der Waals surface area contributed by atoms with E-state index in [4.69, 9.17) is 44.3 Å². The third-order valence-electron chi connectivity index (χ3n) is 3.26. The van der Waals surface area contributed by atoms with Crippen LogP contribution in [0.1, 0.15) is 18.4 Å². The van der Waals surface area contributed by atoms with Crippen molar-refractivity contribution >= 4 is 41.1 Å². The molecule has 0 heterocycles. The topological polar surface area (TPSA) is 35.5 Å². The summed E-state index contributed by atoms with van der Waals surface area (Å²) < 4.78 is 10.9. The molecule has 0 unspecified atom stereocenters. The Labute approximate surface area is 132 Å². The highest BCUT2D eigenvalue weighted by Crippen LogP contribution is 2.52. The molecule has 1 aromatic carbocycles. The van der Waals surface area contributed by atoms with Gasteiger partial charge in [0.05, 0.1) is 17.5 Å². The van der Waals surface area contributed by atoms with E-state index in [1.165, 1.54) is 13.2 Å². The van der Waals surface area contributed by atoms with Crippen molar-refractivity contribution in [3.63, 3.8) is 0 Å². The average Bonchev–Trinajstić information content (AvgIpc) is 3.18.